The number of hydrogen-bond donors (Lipinski definition) is 1. The first kappa shape index (κ1) is 14.7. The van der Waals surface area contributed by atoms with Gasteiger partial charge in [-0.3, -0.25) is 4.99 Å². The van der Waals surface area contributed by atoms with Crippen LogP contribution in [0.5, 0.6) is 0 Å². The predicted octanol–water partition coefficient (Wildman–Crippen LogP) is 2.69. The van der Waals surface area contributed by atoms with E-state index in [1.807, 2.05) is 18.4 Å². The van der Waals surface area contributed by atoms with Gasteiger partial charge in [0.05, 0.1) is 0 Å². The Morgan fingerprint density at radius 2 is 2.37 bits per heavy atom. The van der Waals surface area contributed by atoms with Crippen LogP contribution in [-0.2, 0) is 6.42 Å². The van der Waals surface area contributed by atoms with Crippen molar-refractivity contribution in [2.45, 2.75) is 25.0 Å². The molecule has 0 spiro atoms. The fourth-order valence-corrected chi connectivity index (χ4v) is 4.10. The Kier molecular flexibility index (Phi) is 5.16. The molecule has 5 heteroatoms. The van der Waals surface area contributed by atoms with E-state index in [-0.39, 0.29) is 0 Å². The summed E-state index contributed by atoms with van der Waals surface area (Å²) in [6.45, 7) is 7.73. The molecule has 1 saturated heterocycles. The van der Waals surface area contributed by atoms with Crippen LogP contribution in [0.3, 0.4) is 0 Å². The van der Waals surface area contributed by atoms with E-state index in [0.717, 1.165) is 32.0 Å². The van der Waals surface area contributed by atoms with Gasteiger partial charge in [-0.25, -0.2) is 0 Å². The molecule has 2 rings (SSSR count). The minimum atomic E-state index is 0.323. The Hall–Kier alpha value is -0.680. The molecular weight excluding hydrogens is 274 g/mol. The van der Waals surface area contributed by atoms with Crippen LogP contribution in [0.4, 0.5) is 0 Å². The highest BCUT2D eigenvalue weighted by Gasteiger charge is 2.28. The molecule has 19 heavy (non-hydrogen) atoms. The Morgan fingerprint density at radius 3 is 3.00 bits per heavy atom. The van der Waals surface area contributed by atoms with Crippen molar-refractivity contribution >= 4 is 29.1 Å². The summed E-state index contributed by atoms with van der Waals surface area (Å²) >= 11 is 3.87. The topological polar surface area (TPSA) is 27.6 Å². The summed E-state index contributed by atoms with van der Waals surface area (Å²) in [5.74, 6) is 2.23. The number of thiophene rings is 1. The summed E-state index contributed by atoms with van der Waals surface area (Å²) in [6, 6.07) is 4.30. The van der Waals surface area contributed by atoms with Gasteiger partial charge in [0.2, 0.25) is 0 Å². The van der Waals surface area contributed by atoms with E-state index in [4.69, 9.17) is 0 Å². The summed E-state index contributed by atoms with van der Waals surface area (Å²) < 4.78 is 0.323. The van der Waals surface area contributed by atoms with E-state index in [9.17, 15) is 0 Å². The number of nitrogens with one attached hydrogen (secondary N) is 1. The molecule has 0 saturated carbocycles. The van der Waals surface area contributed by atoms with Gasteiger partial charge in [0.25, 0.3) is 0 Å². The molecule has 0 unspecified atom stereocenters. The van der Waals surface area contributed by atoms with Crippen LogP contribution in [0.15, 0.2) is 22.5 Å². The second-order valence-corrected chi connectivity index (χ2v) is 8.17. The number of guanidine groups is 1. The van der Waals surface area contributed by atoms with E-state index < -0.39 is 0 Å². The molecular formula is C14H23N3S2. The zero-order valence-electron chi connectivity index (χ0n) is 12.0. The Balaban J connectivity index is 1.83. The highest BCUT2D eigenvalue weighted by molar-refractivity contribution is 8.00. The zero-order chi connectivity index (χ0) is 13.7. The van der Waals surface area contributed by atoms with Crippen molar-refractivity contribution < 1.29 is 0 Å². The summed E-state index contributed by atoms with van der Waals surface area (Å²) in [6.07, 6.45) is 1.07. The van der Waals surface area contributed by atoms with Crippen molar-refractivity contribution in [3.05, 3.63) is 22.4 Å². The predicted molar refractivity (Wildman–Crippen MR) is 87.5 cm³/mol. The molecule has 0 bridgehead atoms. The Bertz CT molecular complexity index is 412. The van der Waals surface area contributed by atoms with Gasteiger partial charge < -0.3 is 10.2 Å². The highest BCUT2D eigenvalue weighted by atomic mass is 32.2. The maximum atomic E-state index is 4.42. The van der Waals surface area contributed by atoms with Crippen molar-refractivity contribution in [1.29, 1.82) is 0 Å². The molecule has 0 aliphatic carbocycles. The molecule has 1 aliphatic heterocycles. The lowest BCUT2D eigenvalue weighted by atomic mass is 10.2. The van der Waals surface area contributed by atoms with Crippen LogP contribution >= 0.6 is 23.1 Å². The molecule has 0 radical (unpaired) electrons. The SMILES string of the molecule is CN=C(NCCc1cccs1)N1CCSC(C)(C)C1. The molecule has 1 N–H and O–H groups in total. The molecule has 106 valence electrons. The van der Waals surface area contributed by atoms with E-state index in [2.05, 4.69) is 58.3 Å². The van der Waals surface area contributed by atoms with Gasteiger partial charge in [0.1, 0.15) is 0 Å². The maximum absolute atomic E-state index is 4.42. The smallest absolute Gasteiger partial charge is 0.193 e. The van der Waals surface area contributed by atoms with Crippen LogP contribution < -0.4 is 5.32 Å². The fourth-order valence-electron chi connectivity index (χ4n) is 2.28. The first-order valence-corrected chi connectivity index (χ1v) is 8.59. The summed E-state index contributed by atoms with van der Waals surface area (Å²) in [5.41, 5.74) is 0. The van der Waals surface area contributed by atoms with Crippen LogP contribution in [0.25, 0.3) is 0 Å². The molecule has 1 fully saturated rings. The first-order valence-electron chi connectivity index (χ1n) is 6.73. The van der Waals surface area contributed by atoms with Crippen molar-refractivity contribution in [3.8, 4) is 0 Å². The van der Waals surface area contributed by atoms with Gasteiger partial charge in [0, 0.05) is 42.1 Å². The summed E-state index contributed by atoms with van der Waals surface area (Å²) in [5, 5.41) is 5.62. The molecule has 1 aromatic heterocycles. The van der Waals surface area contributed by atoms with Crippen LogP contribution in [0.2, 0.25) is 0 Å². The zero-order valence-corrected chi connectivity index (χ0v) is 13.6. The molecule has 2 heterocycles. The standard InChI is InChI=1S/C14H23N3S2/c1-14(2)11-17(8-10-19-14)13(15-3)16-7-6-12-5-4-9-18-12/h4-5,9H,6-8,10-11H2,1-3H3,(H,15,16). The quantitative estimate of drug-likeness (QED) is 0.687. The van der Waals surface area contributed by atoms with Crippen LogP contribution in [0, 0.1) is 0 Å². The average Bonchev–Trinajstić information content (AvgIpc) is 2.86. The minimum Gasteiger partial charge on any atom is -0.356 e. The normalized spacial score (nSPS) is 19.5. The molecule has 1 aromatic rings. The van der Waals surface area contributed by atoms with E-state index in [1.54, 1.807) is 0 Å². The van der Waals surface area contributed by atoms with Gasteiger partial charge in [-0.2, -0.15) is 11.8 Å². The van der Waals surface area contributed by atoms with Gasteiger partial charge in [-0.15, -0.1) is 11.3 Å². The van der Waals surface area contributed by atoms with Gasteiger partial charge in [-0.05, 0) is 31.7 Å². The highest BCUT2D eigenvalue weighted by Crippen LogP contribution is 2.29. The third-order valence-electron chi connectivity index (χ3n) is 3.17. The van der Waals surface area contributed by atoms with E-state index >= 15 is 0 Å². The van der Waals surface area contributed by atoms with Gasteiger partial charge in [0.15, 0.2) is 5.96 Å². The molecule has 0 aromatic carbocycles. The lowest BCUT2D eigenvalue weighted by Crippen LogP contribution is -2.51. The van der Waals surface area contributed by atoms with Crippen LogP contribution in [-0.4, -0.2) is 48.0 Å². The lowest BCUT2D eigenvalue weighted by Gasteiger charge is -2.39. The second kappa shape index (κ2) is 6.66. The Morgan fingerprint density at radius 1 is 1.53 bits per heavy atom. The number of thioether (sulfide) groups is 1. The number of rotatable bonds is 3. The molecule has 3 nitrogen and oxygen atoms in total. The monoisotopic (exact) mass is 297 g/mol. The van der Waals surface area contributed by atoms with Crippen LogP contribution in [0.1, 0.15) is 18.7 Å². The van der Waals surface area contributed by atoms with Crippen molar-refractivity contribution in [2.24, 2.45) is 4.99 Å². The average molecular weight is 297 g/mol. The third-order valence-corrected chi connectivity index (χ3v) is 5.41. The second-order valence-electron chi connectivity index (χ2n) is 5.33. The van der Waals surface area contributed by atoms with Crippen molar-refractivity contribution in [1.82, 2.24) is 10.2 Å². The largest absolute Gasteiger partial charge is 0.356 e. The molecule has 0 atom stereocenters. The van der Waals surface area contributed by atoms with Gasteiger partial charge >= 0.3 is 0 Å². The van der Waals surface area contributed by atoms with Gasteiger partial charge in [-0.1, -0.05) is 6.07 Å². The Labute approximate surface area is 124 Å². The number of hydrogen-bond acceptors (Lipinski definition) is 3. The first-order chi connectivity index (χ1) is 9.11. The van der Waals surface area contributed by atoms with Crippen molar-refractivity contribution in [3.63, 3.8) is 0 Å². The van der Waals surface area contributed by atoms with E-state index in [0.29, 0.717) is 4.75 Å². The minimum absolute atomic E-state index is 0.323. The third kappa shape index (κ3) is 4.42. The fraction of sp³-hybridized carbons (Fsp3) is 0.643. The maximum Gasteiger partial charge on any atom is 0.193 e. The molecule has 0 amide bonds. The van der Waals surface area contributed by atoms with E-state index in [1.165, 1.54) is 10.6 Å². The summed E-state index contributed by atoms with van der Waals surface area (Å²) in [7, 11) is 1.88. The number of aliphatic imine (C=N–C) groups is 1. The summed E-state index contributed by atoms with van der Waals surface area (Å²) in [4.78, 5) is 8.23. The lowest BCUT2D eigenvalue weighted by molar-refractivity contribution is 0.376. The van der Waals surface area contributed by atoms with Crippen molar-refractivity contribution in [2.75, 3.05) is 32.4 Å². The number of nitrogens with zero attached hydrogens (tertiary/aromatic N) is 2. The molecule has 1 aliphatic rings.